The predicted octanol–water partition coefficient (Wildman–Crippen LogP) is 1.76. The van der Waals surface area contributed by atoms with Gasteiger partial charge in [0.2, 0.25) is 0 Å². The Morgan fingerprint density at radius 2 is 1.68 bits per heavy atom. The molecule has 0 radical (unpaired) electrons. The van der Waals surface area contributed by atoms with Crippen molar-refractivity contribution in [1.82, 2.24) is 15.1 Å². The van der Waals surface area contributed by atoms with E-state index in [-0.39, 0.29) is 0 Å². The summed E-state index contributed by atoms with van der Waals surface area (Å²) in [6.45, 7) is 21.5. The molecule has 0 aromatic heterocycles. The normalized spacial score (nSPS) is 20.6. The van der Waals surface area contributed by atoms with Crippen LogP contribution >= 0.6 is 0 Å². The fraction of sp³-hybridized carbons (Fsp3) is 0.882. The lowest BCUT2D eigenvalue weighted by Crippen LogP contribution is -2.46. The van der Waals surface area contributed by atoms with Crippen LogP contribution in [0.1, 0.15) is 27.7 Å². The first-order valence-corrected chi connectivity index (χ1v) is 8.57. The highest BCUT2D eigenvalue weighted by Crippen LogP contribution is 2.09. The molecule has 5 heteroatoms. The minimum Gasteiger partial charge on any atom is -0.483 e. The van der Waals surface area contributed by atoms with E-state index < -0.39 is 0 Å². The third kappa shape index (κ3) is 8.13. The summed E-state index contributed by atoms with van der Waals surface area (Å²) >= 11 is 0. The van der Waals surface area contributed by atoms with E-state index in [1.165, 1.54) is 13.1 Å². The van der Waals surface area contributed by atoms with Crippen LogP contribution in [0.4, 0.5) is 0 Å². The highest BCUT2D eigenvalue weighted by atomic mass is 16.5. The Kier molecular flexibility index (Phi) is 9.71. The number of morpholine rings is 1. The zero-order valence-corrected chi connectivity index (χ0v) is 14.9. The number of hydrogen-bond acceptors (Lipinski definition) is 5. The molecule has 130 valence electrons. The molecule has 0 aliphatic carbocycles. The van der Waals surface area contributed by atoms with Gasteiger partial charge in [-0.1, -0.05) is 20.4 Å². The first-order chi connectivity index (χ1) is 10.5. The molecule has 2 saturated heterocycles. The Bertz CT molecular complexity index is 296. The first-order valence-electron chi connectivity index (χ1n) is 8.57. The van der Waals surface area contributed by atoms with E-state index in [0.717, 1.165) is 51.2 Å². The lowest BCUT2D eigenvalue weighted by molar-refractivity contribution is -0.0174. The third-order valence-corrected chi connectivity index (χ3v) is 4.06. The maximum atomic E-state index is 5.52. The largest absolute Gasteiger partial charge is 0.483 e. The van der Waals surface area contributed by atoms with E-state index in [0.29, 0.717) is 12.6 Å². The van der Waals surface area contributed by atoms with E-state index in [2.05, 4.69) is 49.4 Å². The van der Waals surface area contributed by atoms with Crippen LogP contribution in [0.2, 0.25) is 0 Å². The molecule has 2 fully saturated rings. The van der Waals surface area contributed by atoms with Gasteiger partial charge in [0.15, 0.2) is 0 Å². The van der Waals surface area contributed by atoms with Crippen molar-refractivity contribution in [1.29, 1.82) is 0 Å². The number of piperazine rings is 1. The highest BCUT2D eigenvalue weighted by Gasteiger charge is 2.12. The molecule has 0 atom stereocenters. The zero-order chi connectivity index (χ0) is 16.4. The fourth-order valence-electron chi connectivity index (χ4n) is 2.27. The molecule has 0 aromatic rings. The molecule has 0 amide bonds. The monoisotopic (exact) mass is 313 g/mol. The Balaban J connectivity index is 0.000000235. The minimum atomic E-state index is 0.404. The minimum absolute atomic E-state index is 0.404. The van der Waals surface area contributed by atoms with Crippen molar-refractivity contribution in [2.24, 2.45) is 5.92 Å². The standard InChI is InChI=1S/C10H19NO2.C7H16N2/c1-9(2)10(3)13-8-11-4-6-12-7-5-11;1-7(2)9-5-3-8-4-6-9/h9H,3-8H2,1-2H3;7-8H,3-6H2,1-2H3. The van der Waals surface area contributed by atoms with E-state index in [9.17, 15) is 0 Å². The van der Waals surface area contributed by atoms with Crippen molar-refractivity contribution in [3.05, 3.63) is 12.3 Å². The van der Waals surface area contributed by atoms with Crippen LogP contribution in [0.5, 0.6) is 0 Å². The van der Waals surface area contributed by atoms with Crippen molar-refractivity contribution < 1.29 is 9.47 Å². The predicted molar refractivity (Wildman–Crippen MR) is 91.9 cm³/mol. The maximum Gasteiger partial charge on any atom is 0.141 e. The van der Waals surface area contributed by atoms with E-state index in [1.807, 2.05) is 0 Å². The lowest BCUT2D eigenvalue weighted by atomic mass is 10.2. The van der Waals surface area contributed by atoms with Gasteiger partial charge < -0.3 is 14.8 Å². The van der Waals surface area contributed by atoms with Crippen LogP contribution in [-0.2, 0) is 9.47 Å². The van der Waals surface area contributed by atoms with Gasteiger partial charge in [0.25, 0.3) is 0 Å². The van der Waals surface area contributed by atoms with Gasteiger partial charge in [-0.15, -0.1) is 0 Å². The van der Waals surface area contributed by atoms with Crippen molar-refractivity contribution in [3.8, 4) is 0 Å². The molecule has 2 aliphatic heterocycles. The van der Waals surface area contributed by atoms with Crippen LogP contribution < -0.4 is 5.32 Å². The second-order valence-corrected chi connectivity index (χ2v) is 6.50. The molecule has 22 heavy (non-hydrogen) atoms. The topological polar surface area (TPSA) is 37.0 Å². The van der Waals surface area contributed by atoms with Crippen LogP contribution in [0, 0.1) is 5.92 Å². The molecule has 0 bridgehead atoms. The summed E-state index contributed by atoms with van der Waals surface area (Å²) in [5.41, 5.74) is 0. The summed E-state index contributed by atoms with van der Waals surface area (Å²) in [6, 6.07) is 0.729. The van der Waals surface area contributed by atoms with Gasteiger partial charge >= 0.3 is 0 Å². The van der Waals surface area contributed by atoms with Crippen LogP contribution in [0.15, 0.2) is 12.3 Å². The van der Waals surface area contributed by atoms with E-state index in [4.69, 9.17) is 9.47 Å². The SMILES string of the molecule is C=C(OCN1CCOCC1)C(C)C.CC(C)N1CCNCC1. The van der Waals surface area contributed by atoms with Gasteiger partial charge in [-0.05, 0) is 13.8 Å². The van der Waals surface area contributed by atoms with Gasteiger partial charge in [-0.25, -0.2) is 0 Å². The van der Waals surface area contributed by atoms with Crippen molar-refractivity contribution in [2.75, 3.05) is 59.2 Å². The number of nitrogens with one attached hydrogen (secondary N) is 1. The quantitative estimate of drug-likeness (QED) is 0.783. The van der Waals surface area contributed by atoms with Crippen molar-refractivity contribution >= 4 is 0 Å². The molecule has 1 N–H and O–H groups in total. The highest BCUT2D eigenvalue weighted by molar-refractivity contribution is 4.85. The van der Waals surface area contributed by atoms with Crippen LogP contribution in [-0.4, -0.2) is 75.1 Å². The number of hydrogen-bond donors (Lipinski definition) is 1. The number of allylic oxidation sites excluding steroid dienone is 1. The number of rotatable bonds is 5. The van der Waals surface area contributed by atoms with Crippen molar-refractivity contribution in [2.45, 2.75) is 33.7 Å². The number of ether oxygens (including phenoxy) is 2. The van der Waals surface area contributed by atoms with Crippen molar-refractivity contribution in [3.63, 3.8) is 0 Å². The van der Waals surface area contributed by atoms with E-state index >= 15 is 0 Å². The average molecular weight is 313 g/mol. The molecule has 2 aliphatic rings. The summed E-state index contributed by atoms with van der Waals surface area (Å²) < 4.78 is 10.8. The smallest absolute Gasteiger partial charge is 0.141 e. The molecule has 5 nitrogen and oxygen atoms in total. The molecule has 2 rings (SSSR count). The second kappa shape index (κ2) is 11.0. The summed E-state index contributed by atoms with van der Waals surface area (Å²) in [5.74, 6) is 1.27. The Labute approximate surface area is 136 Å². The molecule has 0 aromatic carbocycles. The summed E-state index contributed by atoms with van der Waals surface area (Å²) in [7, 11) is 0. The zero-order valence-electron chi connectivity index (χ0n) is 14.9. The van der Waals surface area contributed by atoms with Gasteiger partial charge in [-0.3, -0.25) is 9.80 Å². The second-order valence-electron chi connectivity index (χ2n) is 6.50. The molecular formula is C17H35N3O2. The fourth-order valence-corrected chi connectivity index (χ4v) is 2.27. The van der Waals surface area contributed by atoms with Gasteiger partial charge in [0.05, 0.1) is 19.0 Å². The average Bonchev–Trinajstić information content (AvgIpc) is 2.55. The van der Waals surface area contributed by atoms with Gasteiger partial charge in [-0.2, -0.15) is 0 Å². The summed E-state index contributed by atoms with van der Waals surface area (Å²) in [5, 5.41) is 3.33. The Hall–Kier alpha value is -0.620. The molecule has 0 spiro atoms. The van der Waals surface area contributed by atoms with E-state index in [1.54, 1.807) is 0 Å². The summed E-state index contributed by atoms with van der Waals surface area (Å²) in [6.07, 6.45) is 0. The lowest BCUT2D eigenvalue weighted by Gasteiger charge is -2.30. The Morgan fingerprint density at radius 3 is 2.14 bits per heavy atom. The Morgan fingerprint density at radius 1 is 1.09 bits per heavy atom. The third-order valence-electron chi connectivity index (χ3n) is 4.06. The maximum absolute atomic E-state index is 5.52. The number of nitrogens with zero attached hydrogens (tertiary/aromatic N) is 2. The van der Waals surface area contributed by atoms with Crippen LogP contribution in [0.25, 0.3) is 0 Å². The first kappa shape index (κ1) is 19.4. The molecular weight excluding hydrogens is 278 g/mol. The molecule has 0 unspecified atom stereocenters. The van der Waals surface area contributed by atoms with Crippen LogP contribution in [0.3, 0.4) is 0 Å². The van der Waals surface area contributed by atoms with Gasteiger partial charge in [0, 0.05) is 51.2 Å². The van der Waals surface area contributed by atoms with Gasteiger partial charge in [0.1, 0.15) is 6.73 Å². The molecule has 2 heterocycles. The molecule has 0 saturated carbocycles. The summed E-state index contributed by atoms with van der Waals surface area (Å²) in [4.78, 5) is 4.73.